The van der Waals surface area contributed by atoms with Crippen molar-refractivity contribution in [2.45, 2.75) is 6.92 Å². The average Bonchev–Trinajstić information content (AvgIpc) is 2.63. The van der Waals surface area contributed by atoms with Gasteiger partial charge in [-0.25, -0.2) is 9.18 Å². The first-order valence-electron chi connectivity index (χ1n) is 8.06. The van der Waals surface area contributed by atoms with Gasteiger partial charge in [-0.2, -0.15) is 0 Å². The first-order chi connectivity index (χ1) is 12.5. The van der Waals surface area contributed by atoms with Gasteiger partial charge in [0.05, 0.1) is 5.69 Å². The van der Waals surface area contributed by atoms with Gasteiger partial charge < -0.3 is 10.6 Å². The highest BCUT2D eigenvalue weighted by Crippen LogP contribution is 2.24. The molecule has 6 heteroatoms. The highest BCUT2D eigenvalue weighted by molar-refractivity contribution is 5.89. The van der Waals surface area contributed by atoms with Crippen LogP contribution in [0.4, 0.5) is 14.9 Å². The monoisotopic (exact) mass is 351 g/mol. The summed E-state index contributed by atoms with van der Waals surface area (Å²) in [5.41, 5.74) is 3.44. The maximum atomic E-state index is 13.2. The van der Waals surface area contributed by atoms with E-state index < -0.39 is 0 Å². The van der Waals surface area contributed by atoms with Crippen LogP contribution < -0.4 is 16.2 Å². The summed E-state index contributed by atoms with van der Waals surface area (Å²) in [5, 5.41) is 5.16. The van der Waals surface area contributed by atoms with Gasteiger partial charge in [0.1, 0.15) is 5.82 Å². The van der Waals surface area contributed by atoms with E-state index in [9.17, 15) is 14.0 Å². The molecule has 0 aliphatic rings. The number of benzene rings is 2. The number of amides is 2. The molecular weight excluding hydrogens is 333 g/mol. The van der Waals surface area contributed by atoms with Gasteiger partial charge >= 0.3 is 6.03 Å². The molecule has 0 spiro atoms. The third kappa shape index (κ3) is 3.64. The van der Waals surface area contributed by atoms with E-state index in [0.717, 1.165) is 16.7 Å². The van der Waals surface area contributed by atoms with Crippen LogP contribution >= 0.6 is 0 Å². The fourth-order valence-corrected chi connectivity index (χ4v) is 2.69. The third-order valence-electron chi connectivity index (χ3n) is 4.02. The molecule has 1 aromatic heterocycles. The number of carbonyl (C=O) groups is 1. The number of rotatable bonds is 3. The first kappa shape index (κ1) is 17.4. The predicted octanol–water partition coefficient (Wildman–Crippen LogP) is 3.70. The van der Waals surface area contributed by atoms with Crippen molar-refractivity contribution < 1.29 is 9.18 Å². The van der Waals surface area contributed by atoms with Crippen LogP contribution in [0.5, 0.6) is 0 Å². The zero-order chi connectivity index (χ0) is 18.7. The van der Waals surface area contributed by atoms with Crippen LogP contribution in [0.15, 0.2) is 65.6 Å². The van der Waals surface area contributed by atoms with Crippen molar-refractivity contribution in [2.75, 3.05) is 12.4 Å². The third-order valence-corrected chi connectivity index (χ3v) is 4.02. The van der Waals surface area contributed by atoms with Gasteiger partial charge in [0.15, 0.2) is 0 Å². The van der Waals surface area contributed by atoms with Crippen LogP contribution in [0, 0.1) is 12.7 Å². The molecule has 0 saturated heterocycles. The fourth-order valence-electron chi connectivity index (χ4n) is 2.69. The maximum absolute atomic E-state index is 13.2. The Hall–Kier alpha value is -3.41. The lowest BCUT2D eigenvalue weighted by molar-refractivity contribution is 0.254. The van der Waals surface area contributed by atoms with Crippen LogP contribution in [0.1, 0.15) is 5.56 Å². The lowest BCUT2D eigenvalue weighted by Gasteiger charge is -2.13. The fraction of sp³-hybridized carbons (Fsp3) is 0.100. The summed E-state index contributed by atoms with van der Waals surface area (Å²) in [6, 6.07) is 14.3. The Morgan fingerprint density at radius 1 is 1.08 bits per heavy atom. The minimum Gasteiger partial charge on any atom is -0.341 e. The molecule has 2 aromatic carbocycles. The van der Waals surface area contributed by atoms with Crippen molar-refractivity contribution in [1.29, 1.82) is 0 Å². The number of halogens is 1. The molecule has 3 aromatic rings. The Kier molecular flexibility index (Phi) is 4.84. The van der Waals surface area contributed by atoms with Crippen molar-refractivity contribution >= 4 is 11.7 Å². The maximum Gasteiger partial charge on any atom is 0.318 e. The van der Waals surface area contributed by atoms with E-state index in [1.807, 2.05) is 6.92 Å². The molecular formula is C20H18FN3O2. The van der Waals surface area contributed by atoms with Crippen LogP contribution in [-0.4, -0.2) is 17.6 Å². The Labute approximate surface area is 150 Å². The molecule has 2 N–H and O–H groups in total. The lowest BCUT2D eigenvalue weighted by Crippen LogP contribution is -2.24. The number of hydrogen-bond acceptors (Lipinski definition) is 2. The van der Waals surface area contributed by atoms with Gasteiger partial charge in [0.25, 0.3) is 5.56 Å². The molecule has 0 saturated carbocycles. The lowest BCUT2D eigenvalue weighted by atomic mass is 10.0. The highest BCUT2D eigenvalue weighted by Gasteiger charge is 2.09. The number of hydrogen-bond donors (Lipinski definition) is 2. The van der Waals surface area contributed by atoms with Crippen LogP contribution in [0.2, 0.25) is 0 Å². The van der Waals surface area contributed by atoms with Crippen molar-refractivity contribution in [1.82, 2.24) is 9.88 Å². The van der Waals surface area contributed by atoms with Gasteiger partial charge in [-0.15, -0.1) is 0 Å². The molecule has 0 atom stereocenters. The number of nitrogens with one attached hydrogen (secondary N) is 2. The van der Waals surface area contributed by atoms with Crippen LogP contribution in [0.25, 0.3) is 16.8 Å². The summed E-state index contributed by atoms with van der Waals surface area (Å²) in [6.07, 6.45) is 1.73. The topological polar surface area (TPSA) is 63.1 Å². The molecule has 2 amide bonds. The normalized spacial score (nSPS) is 10.4. The summed E-state index contributed by atoms with van der Waals surface area (Å²) in [4.78, 5) is 24.0. The number of carbonyl (C=O) groups excluding carboxylic acids is 1. The molecule has 0 bridgehead atoms. The molecule has 26 heavy (non-hydrogen) atoms. The van der Waals surface area contributed by atoms with E-state index in [-0.39, 0.29) is 17.4 Å². The van der Waals surface area contributed by atoms with Crippen LogP contribution in [-0.2, 0) is 0 Å². The van der Waals surface area contributed by atoms with Gasteiger partial charge in [-0.1, -0.05) is 18.2 Å². The van der Waals surface area contributed by atoms with Gasteiger partial charge in [0.2, 0.25) is 0 Å². The molecule has 0 radical (unpaired) electrons. The quantitative estimate of drug-likeness (QED) is 0.756. The van der Waals surface area contributed by atoms with Gasteiger partial charge in [-0.3, -0.25) is 9.36 Å². The van der Waals surface area contributed by atoms with Crippen molar-refractivity contribution in [3.8, 4) is 16.8 Å². The Morgan fingerprint density at radius 2 is 1.81 bits per heavy atom. The summed E-state index contributed by atoms with van der Waals surface area (Å²) in [7, 11) is 1.53. The largest absolute Gasteiger partial charge is 0.341 e. The Bertz CT molecular complexity index is 1010. The highest BCUT2D eigenvalue weighted by atomic mass is 19.1. The van der Waals surface area contributed by atoms with E-state index >= 15 is 0 Å². The van der Waals surface area contributed by atoms with Crippen molar-refractivity contribution in [3.05, 3.63) is 82.5 Å². The van der Waals surface area contributed by atoms with E-state index in [1.165, 1.54) is 29.8 Å². The Morgan fingerprint density at radius 3 is 2.50 bits per heavy atom. The number of nitrogens with zero attached hydrogens (tertiary/aromatic N) is 1. The van der Waals surface area contributed by atoms with Crippen molar-refractivity contribution in [2.24, 2.45) is 0 Å². The van der Waals surface area contributed by atoms with E-state index in [4.69, 9.17) is 0 Å². The molecule has 0 unspecified atom stereocenters. The molecule has 132 valence electrons. The number of aryl methyl sites for hydroxylation is 1. The second-order valence-corrected chi connectivity index (χ2v) is 5.84. The smallest absolute Gasteiger partial charge is 0.318 e. The SMILES string of the molecule is CNC(=O)Nc1cccc(-n2cc(-c3ccc(F)cc3)c(C)cc2=O)c1. The zero-order valence-corrected chi connectivity index (χ0v) is 14.4. The Balaban J connectivity index is 2.07. The number of anilines is 1. The summed E-state index contributed by atoms with van der Waals surface area (Å²) >= 11 is 0. The minimum absolute atomic E-state index is 0.189. The molecule has 0 aliphatic heterocycles. The zero-order valence-electron chi connectivity index (χ0n) is 14.4. The van der Waals surface area contributed by atoms with Crippen LogP contribution in [0.3, 0.4) is 0 Å². The number of urea groups is 1. The number of aromatic nitrogens is 1. The summed E-state index contributed by atoms with van der Waals surface area (Å²) < 4.78 is 14.7. The van der Waals surface area contributed by atoms with Crippen molar-refractivity contribution in [3.63, 3.8) is 0 Å². The van der Waals surface area contributed by atoms with Gasteiger partial charge in [0, 0.05) is 30.6 Å². The molecule has 5 nitrogen and oxygen atoms in total. The van der Waals surface area contributed by atoms with E-state index in [2.05, 4.69) is 10.6 Å². The molecule has 1 heterocycles. The van der Waals surface area contributed by atoms with E-state index in [0.29, 0.717) is 11.4 Å². The standard InChI is InChI=1S/C20H18FN3O2/c1-13-10-19(25)24(12-18(13)14-6-8-15(21)9-7-14)17-5-3-4-16(11-17)23-20(26)22-2/h3-12H,1-2H3,(H2,22,23,26). The second-order valence-electron chi connectivity index (χ2n) is 5.84. The molecule has 0 fully saturated rings. The van der Waals surface area contributed by atoms with Gasteiger partial charge in [-0.05, 0) is 48.4 Å². The minimum atomic E-state index is -0.342. The second kappa shape index (κ2) is 7.23. The molecule has 3 rings (SSSR count). The average molecular weight is 351 g/mol. The van der Waals surface area contributed by atoms with E-state index in [1.54, 1.807) is 42.6 Å². The first-order valence-corrected chi connectivity index (χ1v) is 8.06. The summed E-state index contributed by atoms with van der Waals surface area (Å²) in [6.45, 7) is 1.84. The molecule has 0 aliphatic carbocycles. The predicted molar refractivity (Wildman–Crippen MR) is 100 cm³/mol. The summed E-state index contributed by atoms with van der Waals surface area (Å²) in [5.74, 6) is -0.312. The number of pyridine rings is 1.